The summed E-state index contributed by atoms with van der Waals surface area (Å²) in [6.45, 7) is 1.06. The van der Waals surface area contributed by atoms with E-state index in [1.54, 1.807) is 0 Å². The van der Waals surface area contributed by atoms with Crippen LogP contribution >= 0.6 is 0 Å². The van der Waals surface area contributed by atoms with Crippen molar-refractivity contribution < 1.29 is 24.2 Å². The van der Waals surface area contributed by atoms with Crippen molar-refractivity contribution in [1.29, 1.82) is 0 Å². The number of rotatable bonds is 9. The number of amides is 2. The summed E-state index contributed by atoms with van der Waals surface area (Å²) in [4.78, 5) is 35.6. The van der Waals surface area contributed by atoms with Crippen molar-refractivity contribution in [2.45, 2.75) is 38.0 Å². The quantitative estimate of drug-likeness (QED) is 0.524. The third-order valence-corrected chi connectivity index (χ3v) is 7.62. The molecule has 0 aliphatic heterocycles. The van der Waals surface area contributed by atoms with Gasteiger partial charge in [-0.3, -0.25) is 9.59 Å². The molecular formula is C27H30N2O5. The number of carboxylic acid groups (broad SMARTS) is 1. The number of alkyl carbamates (subject to hydrolysis) is 1. The monoisotopic (exact) mass is 462 g/mol. The standard InChI is InChI=1S/C27H30N2O5/c30-24(29-16-27(9-10-27)25(31)32)13-17-11-18(12-17)14-28-26(33)34-15-23-21-7-3-1-5-19(21)20-6-2-4-8-22(20)23/h1-8,17-18,23H,9-16H2,(H,28,33)(H,29,30)(H,31,32). The zero-order valence-corrected chi connectivity index (χ0v) is 19.1. The van der Waals surface area contributed by atoms with Crippen LogP contribution < -0.4 is 10.6 Å². The first kappa shape index (κ1) is 22.4. The molecule has 0 unspecified atom stereocenters. The summed E-state index contributed by atoms with van der Waals surface area (Å²) in [7, 11) is 0. The number of hydrogen-bond acceptors (Lipinski definition) is 4. The molecule has 5 rings (SSSR count). The molecule has 0 bridgehead atoms. The Morgan fingerprint density at radius 3 is 2.12 bits per heavy atom. The van der Waals surface area contributed by atoms with Gasteiger partial charge in [0.25, 0.3) is 0 Å². The van der Waals surface area contributed by atoms with Crippen LogP contribution in [0.5, 0.6) is 0 Å². The molecule has 0 spiro atoms. The zero-order chi connectivity index (χ0) is 23.7. The fourth-order valence-corrected chi connectivity index (χ4v) is 5.30. The van der Waals surface area contributed by atoms with Crippen molar-refractivity contribution in [2.24, 2.45) is 17.3 Å². The largest absolute Gasteiger partial charge is 0.481 e. The predicted octanol–water partition coefficient (Wildman–Crippen LogP) is 3.92. The molecule has 0 saturated heterocycles. The Hall–Kier alpha value is -3.35. The number of nitrogens with one attached hydrogen (secondary N) is 2. The summed E-state index contributed by atoms with van der Waals surface area (Å²) < 4.78 is 5.58. The maximum absolute atomic E-state index is 12.3. The van der Waals surface area contributed by atoms with E-state index >= 15 is 0 Å². The molecule has 3 aliphatic rings. The van der Waals surface area contributed by atoms with Gasteiger partial charge in [-0.25, -0.2) is 4.79 Å². The molecule has 2 fully saturated rings. The first-order valence-corrected chi connectivity index (χ1v) is 12.0. The Labute approximate surface area is 198 Å². The summed E-state index contributed by atoms with van der Waals surface area (Å²) in [6, 6.07) is 16.5. The molecule has 2 saturated carbocycles. The van der Waals surface area contributed by atoms with Gasteiger partial charge in [0.05, 0.1) is 5.41 Å². The summed E-state index contributed by atoms with van der Waals surface area (Å²) in [5.74, 6) is -0.238. The van der Waals surface area contributed by atoms with Gasteiger partial charge in [0, 0.05) is 25.4 Å². The van der Waals surface area contributed by atoms with Crippen LogP contribution in [0, 0.1) is 17.3 Å². The Morgan fingerprint density at radius 2 is 1.53 bits per heavy atom. The number of benzene rings is 2. The lowest BCUT2D eigenvalue weighted by Crippen LogP contribution is -2.40. The number of carbonyl (C=O) groups excluding carboxylic acids is 2. The average Bonchev–Trinajstić information content (AvgIpc) is 3.55. The van der Waals surface area contributed by atoms with E-state index in [1.165, 1.54) is 22.3 Å². The molecule has 0 radical (unpaired) electrons. The number of carboxylic acids is 1. The molecule has 2 aromatic carbocycles. The molecule has 0 atom stereocenters. The fraction of sp³-hybridized carbons (Fsp3) is 0.444. The van der Waals surface area contributed by atoms with E-state index in [0.29, 0.717) is 38.3 Å². The van der Waals surface area contributed by atoms with Crippen molar-refractivity contribution in [3.8, 4) is 11.1 Å². The van der Waals surface area contributed by atoms with Crippen LogP contribution in [0.3, 0.4) is 0 Å². The van der Waals surface area contributed by atoms with Crippen molar-refractivity contribution >= 4 is 18.0 Å². The summed E-state index contributed by atoms with van der Waals surface area (Å²) >= 11 is 0. The Balaban J connectivity index is 1.01. The maximum Gasteiger partial charge on any atom is 0.407 e. The van der Waals surface area contributed by atoms with Crippen molar-refractivity contribution in [3.63, 3.8) is 0 Å². The van der Waals surface area contributed by atoms with E-state index in [4.69, 9.17) is 4.74 Å². The fourth-order valence-electron chi connectivity index (χ4n) is 5.30. The van der Waals surface area contributed by atoms with Crippen molar-refractivity contribution in [3.05, 3.63) is 59.7 Å². The van der Waals surface area contributed by atoms with E-state index < -0.39 is 17.5 Å². The summed E-state index contributed by atoms with van der Waals surface area (Å²) in [5, 5.41) is 14.8. The molecule has 178 valence electrons. The van der Waals surface area contributed by atoms with Gasteiger partial charge in [0.15, 0.2) is 0 Å². The minimum absolute atomic E-state index is 0.0423. The summed E-state index contributed by atoms with van der Waals surface area (Å²) in [6.07, 6.45) is 3.02. The highest BCUT2D eigenvalue weighted by Gasteiger charge is 2.50. The van der Waals surface area contributed by atoms with Gasteiger partial charge < -0.3 is 20.5 Å². The number of fused-ring (bicyclic) bond motifs is 3. The second-order valence-corrected chi connectivity index (χ2v) is 9.98. The van der Waals surface area contributed by atoms with Crippen LogP contribution in [-0.2, 0) is 14.3 Å². The minimum Gasteiger partial charge on any atom is -0.481 e. The topological polar surface area (TPSA) is 105 Å². The van der Waals surface area contributed by atoms with Gasteiger partial charge in [0.1, 0.15) is 6.61 Å². The van der Waals surface area contributed by atoms with Gasteiger partial charge in [0.2, 0.25) is 5.91 Å². The Bertz CT molecular complexity index is 1060. The van der Waals surface area contributed by atoms with Crippen LogP contribution in [-0.4, -0.2) is 42.8 Å². The molecule has 0 aromatic heterocycles. The SMILES string of the molecule is O=C(CC1CC(CNC(=O)OCC2c3ccccc3-c3ccccc32)C1)NCC1(C(=O)O)CC1. The molecule has 0 heterocycles. The van der Waals surface area contributed by atoms with Crippen LogP contribution in [0.15, 0.2) is 48.5 Å². The smallest absolute Gasteiger partial charge is 0.407 e. The maximum atomic E-state index is 12.3. The van der Waals surface area contributed by atoms with Crippen molar-refractivity contribution in [2.75, 3.05) is 19.7 Å². The first-order valence-electron chi connectivity index (χ1n) is 12.0. The third kappa shape index (κ3) is 4.52. The number of aliphatic carboxylic acids is 1. The predicted molar refractivity (Wildman–Crippen MR) is 126 cm³/mol. The molecule has 2 aromatic rings. The number of ether oxygens (including phenoxy) is 1. The van der Waals surface area contributed by atoms with Crippen LogP contribution in [0.25, 0.3) is 11.1 Å². The number of carbonyl (C=O) groups is 3. The molecule has 3 N–H and O–H groups in total. The molecule has 2 amide bonds. The van der Waals surface area contributed by atoms with Gasteiger partial charge >= 0.3 is 12.1 Å². The zero-order valence-electron chi connectivity index (χ0n) is 19.1. The lowest BCUT2D eigenvalue weighted by molar-refractivity contribution is -0.143. The van der Waals surface area contributed by atoms with E-state index in [-0.39, 0.29) is 24.3 Å². The molecule has 7 nitrogen and oxygen atoms in total. The highest BCUT2D eigenvalue weighted by molar-refractivity contribution is 5.81. The highest BCUT2D eigenvalue weighted by atomic mass is 16.5. The van der Waals surface area contributed by atoms with E-state index in [9.17, 15) is 19.5 Å². The van der Waals surface area contributed by atoms with Crippen LogP contribution in [0.4, 0.5) is 4.79 Å². The van der Waals surface area contributed by atoms with Gasteiger partial charge in [-0.1, -0.05) is 48.5 Å². The molecule has 7 heteroatoms. The van der Waals surface area contributed by atoms with Gasteiger partial charge in [-0.2, -0.15) is 0 Å². The minimum atomic E-state index is -0.823. The first-order chi connectivity index (χ1) is 16.4. The Morgan fingerprint density at radius 1 is 0.912 bits per heavy atom. The van der Waals surface area contributed by atoms with E-state index in [0.717, 1.165) is 12.8 Å². The third-order valence-electron chi connectivity index (χ3n) is 7.62. The molecular weight excluding hydrogens is 432 g/mol. The lowest BCUT2D eigenvalue weighted by Gasteiger charge is -2.35. The summed E-state index contributed by atoms with van der Waals surface area (Å²) in [5.41, 5.74) is 4.05. The van der Waals surface area contributed by atoms with Crippen LogP contribution in [0.2, 0.25) is 0 Å². The molecule has 34 heavy (non-hydrogen) atoms. The molecule has 3 aliphatic carbocycles. The second kappa shape index (κ2) is 9.12. The van der Waals surface area contributed by atoms with E-state index in [2.05, 4.69) is 34.9 Å². The lowest BCUT2D eigenvalue weighted by atomic mass is 9.73. The van der Waals surface area contributed by atoms with Crippen LogP contribution in [0.1, 0.15) is 49.1 Å². The Kier molecular flexibility index (Phi) is 6.02. The van der Waals surface area contributed by atoms with Gasteiger partial charge in [-0.05, 0) is 59.8 Å². The number of hydrogen-bond donors (Lipinski definition) is 3. The average molecular weight is 463 g/mol. The normalized spacial score (nSPS) is 21.5. The van der Waals surface area contributed by atoms with Crippen molar-refractivity contribution in [1.82, 2.24) is 10.6 Å². The van der Waals surface area contributed by atoms with Gasteiger partial charge in [-0.15, -0.1) is 0 Å². The highest BCUT2D eigenvalue weighted by Crippen LogP contribution is 2.46. The second-order valence-electron chi connectivity index (χ2n) is 9.98. The van der Waals surface area contributed by atoms with E-state index in [1.807, 2.05) is 24.3 Å².